The standard InChI is InChI=1S/C23H20F3N3O3/c1-11-7-14(24)18(15(25)8-11)21-20(26)19(16-5-4-13(30)10-32-16)17(22(29-21)23(27)31)12-3-2-6-28-9-12/h2-3,6-9,13,16,30H,4-5,10H2,1H3,(H2,27,31). The Morgan fingerprint density at radius 1 is 1.19 bits per heavy atom. The minimum absolute atomic E-state index is 0.0427. The summed E-state index contributed by atoms with van der Waals surface area (Å²) in [5.74, 6) is -4.08. The molecule has 4 rings (SSSR count). The van der Waals surface area contributed by atoms with Gasteiger partial charge in [-0.15, -0.1) is 0 Å². The highest BCUT2D eigenvalue weighted by molar-refractivity contribution is 5.99. The number of halogens is 3. The molecule has 3 heterocycles. The van der Waals surface area contributed by atoms with Crippen LogP contribution >= 0.6 is 0 Å². The van der Waals surface area contributed by atoms with Gasteiger partial charge in [0.15, 0.2) is 5.82 Å². The van der Waals surface area contributed by atoms with E-state index in [1.165, 1.54) is 19.3 Å². The van der Waals surface area contributed by atoms with Crippen molar-refractivity contribution in [3.05, 3.63) is 70.9 Å². The number of rotatable bonds is 4. The van der Waals surface area contributed by atoms with E-state index in [1.807, 2.05) is 0 Å². The number of amides is 1. The van der Waals surface area contributed by atoms with Gasteiger partial charge in [0.25, 0.3) is 5.91 Å². The van der Waals surface area contributed by atoms with Crippen molar-refractivity contribution in [3.8, 4) is 22.4 Å². The molecule has 1 aromatic carbocycles. The summed E-state index contributed by atoms with van der Waals surface area (Å²) in [5.41, 5.74) is 4.39. The van der Waals surface area contributed by atoms with Crippen LogP contribution in [0.15, 0.2) is 36.7 Å². The Bertz CT molecular complexity index is 1160. The molecule has 0 saturated carbocycles. The fourth-order valence-electron chi connectivity index (χ4n) is 3.92. The van der Waals surface area contributed by atoms with E-state index in [1.54, 1.807) is 12.1 Å². The quantitative estimate of drug-likeness (QED) is 0.638. The number of nitrogens with two attached hydrogens (primary N) is 1. The molecule has 1 fully saturated rings. The number of ether oxygens (including phenoxy) is 1. The number of aliphatic hydroxyl groups is 1. The van der Waals surface area contributed by atoms with E-state index in [2.05, 4.69) is 9.97 Å². The van der Waals surface area contributed by atoms with E-state index in [-0.39, 0.29) is 29.8 Å². The summed E-state index contributed by atoms with van der Waals surface area (Å²) in [6.45, 7) is 1.43. The van der Waals surface area contributed by atoms with Crippen LogP contribution < -0.4 is 5.73 Å². The second-order valence-electron chi connectivity index (χ2n) is 7.67. The van der Waals surface area contributed by atoms with Gasteiger partial charge in [0, 0.05) is 29.1 Å². The van der Waals surface area contributed by atoms with Crippen molar-refractivity contribution in [3.63, 3.8) is 0 Å². The third-order valence-electron chi connectivity index (χ3n) is 5.35. The van der Waals surface area contributed by atoms with Crippen molar-refractivity contribution in [2.75, 3.05) is 6.61 Å². The number of benzene rings is 1. The predicted octanol–water partition coefficient (Wildman–Crippen LogP) is 3.85. The minimum Gasteiger partial charge on any atom is -0.391 e. The predicted molar refractivity (Wildman–Crippen MR) is 110 cm³/mol. The lowest BCUT2D eigenvalue weighted by Gasteiger charge is -2.29. The highest BCUT2D eigenvalue weighted by atomic mass is 19.1. The second-order valence-corrected chi connectivity index (χ2v) is 7.67. The van der Waals surface area contributed by atoms with Gasteiger partial charge in [0.2, 0.25) is 0 Å². The smallest absolute Gasteiger partial charge is 0.267 e. The van der Waals surface area contributed by atoms with E-state index in [0.717, 1.165) is 12.1 Å². The third-order valence-corrected chi connectivity index (χ3v) is 5.35. The number of primary amides is 1. The number of carbonyl (C=O) groups is 1. The first kappa shape index (κ1) is 21.9. The van der Waals surface area contributed by atoms with Crippen LogP contribution in [0.4, 0.5) is 13.2 Å². The zero-order chi connectivity index (χ0) is 23.0. The number of aromatic nitrogens is 2. The molecule has 1 aliphatic heterocycles. The molecule has 2 atom stereocenters. The first-order chi connectivity index (χ1) is 15.3. The summed E-state index contributed by atoms with van der Waals surface area (Å²) in [6, 6.07) is 5.27. The highest BCUT2D eigenvalue weighted by Gasteiger charge is 2.33. The molecule has 0 bridgehead atoms. The molecular formula is C23H20F3N3O3. The van der Waals surface area contributed by atoms with E-state index < -0.39 is 46.8 Å². The average Bonchev–Trinajstić information content (AvgIpc) is 2.75. The van der Waals surface area contributed by atoms with Crippen molar-refractivity contribution < 1.29 is 27.8 Å². The lowest BCUT2D eigenvalue weighted by atomic mass is 9.89. The number of hydrogen-bond acceptors (Lipinski definition) is 5. The number of pyridine rings is 2. The maximum Gasteiger partial charge on any atom is 0.267 e. The molecule has 1 saturated heterocycles. The molecule has 6 nitrogen and oxygen atoms in total. The normalized spacial score (nSPS) is 18.5. The summed E-state index contributed by atoms with van der Waals surface area (Å²) in [4.78, 5) is 20.3. The molecule has 3 N–H and O–H groups in total. The second kappa shape index (κ2) is 8.68. The number of hydrogen-bond donors (Lipinski definition) is 2. The highest BCUT2D eigenvalue weighted by Crippen LogP contribution is 2.42. The van der Waals surface area contributed by atoms with Crippen LogP contribution in [-0.2, 0) is 4.74 Å². The Morgan fingerprint density at radius 3 is 2.47 bits per heavy atom. The Balaban J connectivity index is 2.06. The molecule has 2 aromatic heterocycles. The van der Waals surface area contributed by atoms with Crippen molar-refractivity contribution in [2.45, 2.75) is 32.0 Å². The van der Waals surface area contributed by atoms with Crippen LogP contribution in [0.3, 0.4) is 0 Å². The monoisotopic (exact) mass is 443 g/mol. The fraction of sp³-hybridized carbons (Fsp3) is 0.261. The Morgan fingerprint density at radius 2 is 1.91 bits per heavy atom. The molecular weight excluding hydrogens is 423 g/mol. The van der Waals surface area contributed by atoms with Gasteiger partial charge < -0.3 is 15.6 Å². The summed E-state index contributed by atoms with van der Waals surface area (Å²) in [5, 5.41) is 9.79. The summed E-state index contributed by atoms with van der Waals surface area (Å²) in [6.07, 6.45) is 1.80. The summed E-state index contributed by atoms with van der Waals surface area (Å²) in [7, 11) is 0. The first-order valence-corrected chi connectivity index (χ1v) is 9.97. The number of nitrogens with zero attached hydrogens (tertiary/aromatic N) is 2. The summed E-state index contributed by atoms with van der Waals surface area (Å²) >= 11 is 0. The summed E-state index contributed by atoms with van der Waals surface area (Å²) < 4.78 is 51.1. The van der Waals surface area contributed by atoms with Gasteiger partial charge in [-0.1, -0.05) is 6.07 Å². The van der Waals surface area contributed by atoms with Crippen molar-refractivity contribution in [1.29, 1.82) is 0 Å². The van der Waals surface area contributed by atoms with Crippen LogP contribution in [-0.4, -0.2) is 33.7 Å². The number of aliphatic hydroxyl groups excluding tert-OH is 1. The van der Waals surface area contributed by atoms with Crippen LogP contribution in [0.5, 0.6) is 0 Å². The largest absolute Gasteiger partial charge is 0.391 e. The van der Waals surface area contributed by atoms with Gasteiger partial charge in [-0.25, -0.2) is 18.2 Å². The van der Waals surface area contributed by atoms with E-state index in [4.69, 9.17) is 10.5 Å². The third kappa shape index (κ3) is 3.96. The Hall–Kier alpha value is -3.30. The molecule has 9 heteroatoms. The van der Waals surface area contributed by atoms with Crippen LogP contribution in [0.1, 0.15) is 40.6 Å². The lowest BCUT2D eigenvalue weighted by Crippen LogP contribution is -2.27. The van der Waals surface area contributed by atoms with Gasteiger partial charge in [0.05, 0.1) is 24.4 Å². The zero-order valence-corrected chi connectivity index (χ0v) is 17.1. The van der Waals surface area contributed by atoms with E-state index in [9.17, 15) is 18.7 Å². The van der Waals surface area contributed by atoms with Gasteiger partial charge in [0.1, 0.15) is 23.0 Å². The van der Waals surface area contributed by atoms with Crippen LogP contribution in [0.25, 0.3) is 22.4 Å². The number of aryl methyl sites for hydroxylation is 1. The Labute approximate surface area is 181 Å². The van der Waals surface area contributed by atoms with Crippen LogP contribution in [0, 0.1) is 24.4 Å². The van der Waals surface area contributed by atoms with Gasteiger partial charge >= 0.3 is 0 Å². The molecule has 32 heavy (non-hydrogen) atoms. The fourth-order valence-corrected chi connectivity index (χ4v) is 3.92. The molecule has 0 spiro atoms. The minimum atomic E-state index is -1.03. The van der Waals surface area contributed by atoms with Crippen LogP contribution in [0.2, 0.25) is 0 Å². The molecule has 166 valence electrons. The van der Waals surface area contributed by atoms with E-state index >= 15 is 4.39 Å². The van der Waals surface area contributed by atoms with Gasteiger partial charge in [-0.2, -0.15) is 0 Å². The maximum absolute atomic E-state index is 16.0. The average molecular weight is 443 g/mol. The molecule has 2 unspecified atom stereocenters. The topological polar surface area (TPSA) is 98.3 Å². The van der Waals surface area contributed by atoms with Gasteiger partial charge in [-0.05, 0) is 43.5 Å². The Kier molecular flexibility index (Phi) is 5.94. The molecule has 0 aliphatic carbocycles. The van der Waals surface area contributed by atoms with Gasteiger partial charge in [-0.3, -0.25) is 9.78 Å². The number of carbonyl (C=O) groups excluding carboxylic acids is 1. The SMILES string of the molecule is Cc1cc(F)c(-c2nc(C(N)=O)c(-c3cccnc3)c(C3CCC(O)CO3)c2F)c(F)c1. The van der Waals surface area contributed by atoms with Crippen molar-refractivity contribution in [1.82, 2.24) is 9.97 Å². The molecule has 3 aromatic rings. The van der Waals surface area contributed by atoms with E-state index in [0.29, 0.717) is 17.5 Å². The zero-order valence-electron chi connectivity index (χ0n) is 17.1. The van der Waals surface area contributed by atoms with Crippen molar-refractivity contribution >= 4 is 5.91 Å². The molecule has 0 radical (unpaired) electrons. The lowest BCUT2D eigenvalue weighted by molar-refractivity contribution is -0.0578. The first-order valence-electron chi connectivity index (χ1n) is 9.97. The van der Waals surface area contributed by atoms with Crippen molar-refractivity contribution in [2.24, 2.45) is 5.73 Å². The molecule has 1 amide bonds. The maximum atomic E-state index is 16.0. The molecule has 1 aliphatic rings.